The Kier molecular flexibility index (Phi) is 6.51. The van der Waals surface area contributed by atoms with Crippen LogP contribution in [0.5, 0.6) is 5.75 Å². The van der Waals surface area contributed by atoms with Crippen molar-refractivity contribution in [3.8, 4) is 5.75 Å². The second-order valence-corrected chi connectivity index (χ2v) is 6.80. The van der Waals surface area contributed by atoms with Gasteiger partial charge in [0.1, 0.15) is 12.4 Å². The molecule has 1 heterocycles. The number of benzene rings is 2. The zero-order chi connectivity index (χ0) is 20.1. The molecule has 28 heavy (non-hydrogen) atoms. The van der Waals surface area contributed by atoms with E-state index in [-0.39, 0.29) is 5.56 Å². The third kappa shape index (κ3) is 4.81. The van der Waals surface area contributed by atoms with Gasteiger partial charge in [0.15, 0.2) is 0 Å². The average molecular weight is 422 g/mol. The fraction of sp³-hybridized carbons (Fsp3) is 0.211. The fourth-order valence-corrected chi connectivity index (χ4v) is 2.94. The first-order valence-electron chi connectivity index (χ1n) is 8.45. The van der Waals surface area contributed by atoms with Crippen LogP contribution in [0.2, 0.25) is 10.0 Å². The van der Waals surface area contributed by atoms with Crippen molar-refractivity contribution in [2.24, 2.45) is 0 Å². The first kappa shape index (κ1) is 20.1. The van der Waals surface area contributed by atoms with Crippen molar-refractivity contribution in [3.05, 3.63) is 63.1 Å². The number of hydrogen-bond acceptors (Lipinski definition) is 5. The summed E-state index contributed by atoms with van der Waals surface area (Å²) in [5.74, 6) is -0.0668. The van der Waals surface area contributed by atoms with E-state index in [1.807, 2.05) is 0 Å². The van der Waals surface area contributed by atoms with Gasteiger partial charge in [-0.1, -0.05) is 23.2 Å². The Morgan fingerprint density at radius 2 is 2.04 bits per heavy atom. The number of carbonyl (C=O) groups is 1. The quantitative estimate of drug-likeness (QED) is 0.571. The highest BCUT2D eigenvalue weighted by Crippen LogP contribution is 2.27. The Labute approximate surface area is 170 Å². The number of fused-ring (bicyclic) bond motifs is 1. The van der Waals surface area contributed by atoms with Crippen molar-refractivity contribution in [1.29, 1.82) is 0 Å². The summed E-state index contributed by atoms with van der Waals surface area (Å²) in [5, 5.41) is 12.7. The topological polar surface area (TPSA) is 93.5 Å². The van der Waals surface area contributed by atoms with Gasteiger partial charge in [-0.15, -0.1) is 0 Å². The molecule has 0 aliphatic carbocycles. The Morgan fingerprint density at radius 3 is 2.82 bits per heavy atom. The molecular weight excluding hydrogens is 405 g/mol. The van der Waals surface area contributed by atoms with Crippen LogP contribution in [0, 0.1) is 0 Å². The molecule has 2 N–H and O–H groups in total. The lowest BCUT2D eigenvalue weighted by atomic mass is 10.2. The van der Waals surface area contributed by atoms with Crippen molar-refractivity contribution in [1.82, 2.24) is 9.55 Å². The minimum Gasteiger partial charge on any atom is -0.492 e. The number of halogens is 2. The number of anilines is 1. The molecule has 3 aromatic rings. The summed E-state index contributed by atoms with van der Waals surface area (Å²) in [6.07, 6.45) is 2.03. The van der Waals surface area contributed by atoms with E-state index in [1.165, 1.54) is 17.0 Å². The SMILES string of the molecule is O=C(CO)Nc1ccc2ncn(CCCOc3cc(Cl)ccc3Cl)c(=O)c2c1. The lowest BCUT2D eigenvalue weighted by Crippen LogP contribution is -2.22. The van der Waals surface area contributed by atoms with Crippen LogP contribution in [0.15, 0.2) is 47.5 Å². The van der Waals surface area contributed by atoms with Crippen molar-refractivity contribution in [2.75, 3.05) is 18.5 Å². The Hall–Kier alpha value is -2.61. The van der Waals surface area contributed by atoms with Crippen molar-refractivity contribution >= 4 is 45.7 Å². The van der Waals surface area contributed by atoms with Gasteiger partial charge in [-0.25, -0.2) is 4.98 Å². The molecule has 0 unspecified atom stereocenters. The molecule has 0 bridgehead atoms. The fourth-order valence-electron chi connectivity index (χ4n) is 2.60. The number of aromatic nitrogens is 2. The van der Waals surface area contributed by atoms with E-state index in [9.17, 15) is 9.59 Å². The number of ether oxygens (including phenoxy) is 1. The summed E-state index contributed by atoms with van der Waals surface area (Å²) >= 11 is 12.0. The van der Waals surface area contributed by atoms with Crippen molar-refractivity contribution < 1.29 is 14.6 Å². The Balaban J connectivity index is 1.69. The second-order valence-electron chi connectivity index (χ2n) is 5.96. The maximum atomic E-state index is 12.7. The molecular formula is C19H17Cl2N3O4. The second kappa shape index (κ2) is 9.05. The number of nitrogens with one attached hydrogen (secondary N) is 1. The van der Waals surface area contributed by atoms with E-state index >= 15 is 0 Å². The van der Waals surface area contributed by atoms with Gasteiger partial charge >= 0.3 is 0 Å². The van der Waals surface area contributed by atoms with Gasteiger partial charge in [0.05, 0.1) is 28.9 Å². The number of hydrogen-bond donors (Lipinski definition) is 2. The third-order valence-electron chi connectivity index (χ3n) is 3.95. The monoisotopic (exact) mass is 421 g/mol. The van der Waals surface area contributed by atoms with Gasteiger partial charge in [0, 0.05) is 23.3 Å². The number of aliphatic hydroxyl groups is 1. The molecule has 0 aliphatic heterocycles. The standard InChI is InChI=1S/C19H17Cl2N3O4/c20-12-2-4-15(21)17(8-12)28-7-1-6-24-11-22-16-5-3-13(23-18(26)10-25)9-14(16)19(24)27/h2-5,8-9,11,25H,1,6-7,10H2,(H,23,26). The van der Waals surface area contributed by atoms with E-state index in [1.54, 1.807) is 30.3 Å². The number of aliphatic hydroxyl groups excluding tert-OH is 1. The van der Waals surface area contributed by atoms with Crippen molar-refractivity contribution in [2.45, 2.75) is 13.0 Å². The van der Waals surface area contributed by atoms with Crippen LogP contribution in [0.1, 0.15) is 6.42 Å². The minimum absolute atomic E-state index is 0.231. The first-order chi connectivity index (χ1) is 13.5. The number of amides is 1. The summed E-state index contributed by atoms with van der Waals surface area (Å²) in [6.45, 7) is 0.107. The molecule has 0 atom stereocenters. The molecule has 0 saturated heterocycles. The van der Waals surface area contributed by atoms with E-state index in [4.69, 9.17) is 33.0 Å². The Morgan fingerprint density at radius 1 is 1.21 bits per heavy atom. The van der Waals surface area contributed by atoms with Crippen LogP contribution in [0.3, 0.4) is 0 Å². The third-order valence-corrected chi connectivity index (χ3v) is 4.49. The number of aryl methyl sites for hydroxylation is 1. The summed E-state index contributed by atoms with van der Waals surface area (Å²) in [5.41, 5.74) is 0.707. The van der Waals surface area contributed by atoms with Gasteiger partial charge in [-0.05, 0) is 36.8 Å². The highest BCUT2D eigenvalue weighted by atomic mass is 35.5. The van der Waals surface area contributed by atoms with E-state index in [0.717, 1.165) is 0 Å². The maximum Gasteiger partial charge on any atom is 0.261 e. The van der Waals surface area contributed by atoms with Gasteiger partial charge in [-0.2, -0.15) is 0 Å². The molecule has 1 amide bonds. The molecule has 7 nitrogen and oxygen atoms in total. The van der Waals surface area contributed by atoms with Gasteiger partial charge in [0.2, 0.25) is 5.91 Å². The lowest BCUT2D eigenvalue weighted by molar-refractivity contribution is -0.118. The van der Waals surface area contributed by atoms with E-state index < -0.39 is 12.5 Å². The smallest absolute Gasteiger partial charge is 0.261 e. The molecule has 3 rings (SSSR count). The van der Waals surface area contributed by atoms with Gasteiger partial charge in [-0.3, -0.25) is 14.2 Å². The summed E-state index contributed by atoms with van der Waals surface area (Å²) in [6, 6.07) is 9.76. The Bertz CT molecular complexity index is 1070. The normalized spacial score (nSPS) is 10.8. The average Bonchev–Trinajstić information content (AvgIpc) is 2.69. The highest BCUT2D eigenvalue weighted by Gasteiger charge is 2.08. The number of nitrogens with zero attached hydrogens (tertiary/aromatic N) is 2. The lowest BCUT2D eigenvalue weighted by Gasteiger charge is -2.10. The zero-order valence-corrected chi connectivity index (χ0v) is 16.2. The largest absolute Gasteiger partial charge is 0.492 e. The summed E-state index contributed by atoms with van der Waals surface area (Å²) < 4.78 is 7.09. The van der Waals surface area contributed by atoms with E-state index in [0.29, 0.717) is 52.0 Å². The molecule has 146 valence electrons. The molecule has 0 spiro atoms. The summed E-state index contributed by atoms with van der Waals surface area (Å²) in [4.78, 5) is 28.3. The van der Waals surface area contributed by atoms with Crippen LogP contribution in [-0.4, -0.2) is 33.8 Å². The van der Waals surface area contributed by atoms with Crippen LogP contribution in [0.25, 0.3) is 10.9 Å². The molecule has 0 fully saturated rings. The molecule has 0 saturated carbocycles. The van der Waals surface area contributed by atoms with Crippen LogP contribution in [0.4, 0.5) is 5.69 Å². The first-order valence-corrected chi connectivity index (χ1v) is 9.21. The molecule has 9 heteroatoms. The zero-order valence-electron chi connectivity index (χ0n) is 14.7. The van der Waals surface area contributed by atoms with Crippen LogP contribution in [-0.2, 0) is 11.3 Å². The summed E-state index contributed by atoms with van der Waals surface area (Å²) in [7, 11) is 0. The van der Waals surface area contributed by atoms with Crippen LogP contribution >= 0.6 is 23.2 Å². The molecule has 0 aliphatic rings. The van der Waals surface area contributed by atoms with Gasteiger partial charge < -0.3 is 15.2 Å². The molecule has 0 radical (unpaired) electrons. The number of rotatable bonds is 7. The number of carbonyl (C=O) groups excluding carboxylic acids is 1. The predicted molar refractivity (Wildman–Crippen MR) is 108 cm³/mol. The maximum absolute atomic E-state index is 12.7. The van der Waals surface area contributed by atoms with Crippen LogP contribution < -0.4 is 15.6 Å². The van der Waals surface area contributed by atoms with E-state index in [2.05, 4.69) is 10.3 Å². The van der Waals surface area contributed by atoms with Gasteiger partial charge in [0.25, 0.3) is 5.56 Å². The molecule has 1 aromatic heterocycles. The minimum atomic E-state index is -0.633. The highest BCUT2D eigenvalue weighted by molar-refractivity contribution is 6.34. The predicted octanol–water partition coefficient (Wildman–Crippen LogP) is 3.10. The van der Waals surface area contributed by atoms with Crippen molar-refractivity contribution in [3.63, 3.8) is 0 Å². The molecule has 2 aromatic carbocycles.